The number of rotatable bonds is 3. The summed E-state index contributed by atoms with van der Waals surface area (Å²) in [6, 6.07) is 41.2. The van der Waals surface area contributed by atoms with Crippen LogP contribution in [0.25, 0.3) is 38.3 Å². The van der Waals surface area contributed by atoms with Crippen LogP contribution in [0.2, 0.25) is 0 Å². The largest absolute Gasteiger partial charge is 0.345 e. The molecule has 6 aromatic rings. The molecule has 0 fully saturated rings. The molecular formula is C29H22N2. The second-order valence-corrected chi connectivity index (χ2v) is 7.98. The Morgan fingerprint density at radius 3 is 2.03 bits per heavy atom. The zero-order valence-corrected chi connectivity index (χ0v) is 17.4. The first-order chi connectivity index (χ1) is 15.3. The molecule has 31 heavy (non-hydrogen) atoms. The first-order valence-electron chi connectivity index (χ1n) is 10.6. The van der Waals surface area contributed by atoms with Crippen LogP contribution in [0.1, 0.15) is 0 Å². The second-order valence-electron chi connectivity index (χ2n) is 7.98. The molecule has 0 bridgehead atoms. The summed E-state index contributed by atoms with van der Waals surface area (Å²) in [5, 5.41) is 5.06. The van der Waals surface area contributed by atoms with Gasteiger partial charge in [0.1, 0.15) is 0 Å². The number of aromatic nitrogens is 1. The highest BCUT2D eigenvalue weighted by Gasteiger charge is 2.14. The molecule has 1 heterocycles. The van der Waals surface area contributed by atoms with Crippen molar-refractivity contribution in [1.29, 1.82) is 0 Å². The van der Waals surface area contributed by atoms with E-state index >= 15 is 0 Å². The minimum atomic E-state index is 1.18. The van der Waals surface area contributed by atoms with Crippen molar-refractivity contribution in [3.63, 3.8) is 0 Å². The molecule has 0 spiro atoms. The molecule has 2 heteroatoms. The zero-order valence-electron chi connectivity index (χ0n) is 17.4. The van der Waals surface area contributed by atoms with Crippen molar-refractivity contribution in [3.05, 3.63) is 115 Å². The second kappa shape index (κ2) is 7.03. The molecule has 0 radical (unpaired) electrons. The van der Waals surface area contributed by atoms with Gasteiger partial charge in [0.15, 0.2) is 0 Å². The topological polar surface area (TPSA) is 8.17 Å². The van der Waals surface area contributed by atoms with E-state index in [0.717, 1.165) is 0 Å². The molecule has 0 atom stereocenters. The van der Waals surface area contributed by atoms with E-state index in [0.29, 0.717) is 0 Å². The van der Waals surface area contributed by atoms with Gasteiger partial charge in [0.25, 0.3) is 0 Å². The molecule has 0 amide bonds. The van der Waals surface area contributed by atoms with Gasteiger partial charge in [-0.2, -0.15) is 0 Å². The van der Waals surface area contributed by atoms with Crippen molar-refractivity contribution in [2.24, 2.45) is 0 Å². The maximum Gasteiger partial charge on any atom is 0.0542 e. The Kier molecular flexibility index (Phi) is 4.03. The molecule has 0 saturated carbocycles. The first-order valence-corrected chi connectivity index (χ1v) is 10.6. The van der Waals surface area contributed by atoms with Crippen LogP contribution in [0, 0.1) is 0 Å². The van der Waals surface area contributed by atoms with Gasteiger partial charge >= 0.3 is 0 Å². The normalized spacial score (nSPS) is 11.4. The average Bonchev–Trinajstić information content (AvgIpc) is 3.17. The highest BCUT2D eigenvalue weighted by molar-refractivity contribution is 6.10. The molecule has 0 unspecified atom stereocenters. The Balaban J connectivity index is 1.53. The molecule has 2 nitrogen and oxygen atoms in total. The monoisotopic (exact) mass is 398 g/mol. The number of hydrogen-bond donors (Lipinski definition) is 0. The van der Waals surface area contributed by atoms with Crippen molar-refractivity contribution in [3.8, 4) is 5.69 Å². The van der Waals surface area contributed by atoms with Gasteiger partial charge in [-0.25, -0.2) is 0 Å². The van der Waals surface area contributed by atoms with E-state index in [9.17, 15) is 0 Å². The van der Waals surface area contributed by atoms with Crippen molar-refractivity contribution >= 4 is 44.0 Å². The lowest BCUT2D eigenvalue weighted by atomic mass is 10.1. The third-order valence-electron chi connectivity index (χ3n) is 6.18. The van der Waals surface area contributed by atoms with Crippen LogP contribution in [-0.4, -0.2) is 11.6 Å². The third kappa shape index (κ3) is 2.88. The molecule has 0 aliphatic heterocycles. The van der Waals surface area contributed by atoms with Gasteiger partial charge < -0.3 is 9.47 Å². The summed E-state index contributed by atoms with van der Waals surface area (Å²) in [5.74, 6) is 0. The standard InChI is InChI=1S/C29H22N2/c1-30(24-16-15-21-9-5-6-10-22(21)19-24)25-17-18-29-27(20-25)26-13-7-8-14-28(26)31(29)23-11-3-2-4-12-23/h2-20H,1H3. The molecule has 6 rings (SSSR count). The Labute approximate surface area is 181 Å². The van der Waals surface area contributed by atoms with E-state index in [1.807, 2.05) is 0 Å². The molecule has 148 valence electrons. The maximum absolute atomic E-state index is 2.35. The van der Waals surface area contributed by atoms with Crippen LogP contribution in [0.5, 0.6) is 0 Å². The van der Waals surface area contributed by atoms with Gasteiger partial charge in [0.2, 0.25) is 0 Å². The number of anilines is 2. The lowest BCUT2D eigenvalue weighted by Crippen LogP contribution is -2.09. The molecule has 0 aliphatic carbocycles. The quantitative estimate of drug-likeness (QED) is 0.296. The van der Waals surface area contributed by atoms with Crippen LogP contribution >= 0.6 is 0 Å². The summed E-state index contributed by atoms with van der Waals surface area (Å²) >= 11 is 0. The Hall–Kier alpha value is -4.04. The van der Waals surface area contributed by atoms with Crippen LogP contribution in [-0.2, 0) is 0 Å². The van der Waals surface area contributed by atoms with Crippen molar-refractivity contribution in [2.45, 2.75) is 0 Å². The fourth-order valence-electron chi connectivity index (χ4n) is 4.56. The van der Waals surface area contributed by atoms with Gasteiger partial charge in [0.05, 0.1) is 11.0 Å². The van der Waals surface area contributed by atoms with Crippen LogP contribution < -0.4 is 4.90 Å². The Morgan fingerprint density at radius 1 is 0.516 bits per heavy atom. The number of para-hydroxylation sites is 2. The van der Waals surface area contributed by atoms with Gasteiger partial charge in [-0.3, -0.25) is 0 Å². The minimum Gasteiger partial charge on any atom is -0.345 e. The Morgan fingerprint density at radius 2 is 1.16 bits per heavy atom. The third-order valence-corrected chi connectivity index (χ3v) is 6.18. The summed E-state index contributed by atoms with van der Waals surface area (Å²) in [6.45, 7) is 0. The minimum absolute atomic E-state index is 1.18. The van der Waals surface area contributed by atoms with Crippen molar-refractivity contribution in [2.75, 3.05) is 11.9 Å². The van der Waals surface area contributed by atoms with E-state index in [2.05, 4.69) is 132 Å². The molecule has 0 saturated heterocycles. The molecule has 0 N–H and O–H groups in total. The predicted molar refractivity (Wildman–Crippen MR) is 133 cm³/mol. The first kappa shape index (κ1) is 17.8. The summed E-state index contributed by atoms with van der Waals surface area (Å²) in [7, 11) is 2.14. The highest BCUT2D eigenvalue weighted by atomic mass is 15.1. The van der Waals surface area contributed by atoms with Gasteiger partial charge in [0, 0.05) is 34.9 Å². The Bertz CT molecular complexity index is 1540. The number of benzene rings is 5. The zero-order chi connectivity index (χ0) is 20.8. The lowest BCUT2D eigenvalue weighted by molar-refractivity contribution is 1.18. The van der Waals surface area contributed by atoms with Gasteiger partial charge in [-0.05, 0) is 59.3 Å². The smallest absolute Gasteiger partial charge is 0.0542 e. The summed E-state index contributed by atoms with van der Waals surface area (Å²) in [4.78, 5) is 2.26. The molecule has 1 aromatic heterocycles. The predicted octanol–water partition coefficient (Wildman–Crippen LogP) is 7.70. The van der Waals surface area contributed by atoms with Crippen LogP contribution in [0.3, 0.4) is 0 Å². The van der Waals surface area contributed by atoms with E-state index in [1.54, 1.807) is 0 Å². The molecular weight excluding hydrogens is 376 g/mol. The summed E-state index contributed by atoms with van der Waals surface area (Å²) < 4.78 is 2.35. The molecule has 5 aromatic carbocycles. The fourth-order valence-corrected chi connectivity index (χ4v) is 4.56. The van der Waals surface area contributed by atoms with E-state index in [-0.39, 0.29) is 0 Å². The number of hydrogen-bond acceptors (Lipinski definition) is 1. The average molecular weight is 399 g/mol. The van der Waals surface area contributed by atoms with Gasteiger partial charge in [-0.15, -0.1) is 0 Å². The summed E-state index contributed by atoms with van der Waals surface area (Å²) in [5.41, 5.74) is 6.00. The van der Waals surface area contributed by atoms with Crippen LogP contribution in [0.15, 0.2) is 115 Å². The highest BCUT2D eigenvalue weighted by Crippen LogP contribution is 2.36. The van der Waals surface area contributed by atoms with E-state index < -0.39 is 0 Å². The fraction of sp³-hybridized carbons (Fsp3) is 0.0345. The SMILES string of the molecule is CN(c1ccc2ccccc2c1)c1ccc2c(c1)c1ccccc1n2-c1ccccc1. The summed E-state index contributed by atoms with van der Waals surface area (Å²) in [6.07, 6.45) is 0. The van der Waals surface area contributed by atoms with E-state index in [4.69, 9.17) is 0 Å². The van der Waals surface area contributed by atoms with Crippen LogP contribution in [0.4, 0.5) is 11.4 Å². The number of nitrogens with zero attached hydrogens (tertiary/aromatic N) is 2. The number of fused-ring (bicyclic) bond motifs is 4. The lowest BCUT2D eigenvalue weighted by Gasteiger charge is -2.20. The maximum atomic E-state index is 2.35. The van der Waals surface area contributed by atoms with Crippen molar-refractivity contribution in [1.82, 2.24) is 4.57 Å². The van der Waals surface area contributed by atoms with Crippen molar-refractivity contribution < 1.29 is 0 Å². The van der Waals surface area contributed by atoms with E-state index in [1.165, 1.54) is 49.6 Å². The van der Waals surface area contributed by atoms with Gasteiger partial charge in [-0.1, -0.05) is 66.7 Å². The molecule has 0 aliphatic rings.